The molecule has 15 nitrogen and oxygen atoms in total. The van der Waals surface area contributed by atoms with Crippen molar-refractivity contribution in [3.8, 4) is 0 Å². The fourth-order valence-electron chi connectivity index (χ4n) is 3.40. The molecule has 0 aliphatic carbocycles. The number of primary amides is 2. The number of aliphatic hydroxyl groups is 3. The summed E-state index contributed by atoms with van der Waals surface area (Å²) < 4.78 is 22.2. The van der Waals surface area contributed by atoms with E-state index in [0.717, 1.165) is 22.9 Å². The summed E-state index contributed by atoms with van der Waals surface area (Å²) in [4.78, 5) is 48.9. The van der Waals surface area contributed by atoms with Gasteiger partial charge in [0, 0.05) is 19.4 Å². The van der Waals surface area contributed by atoms with Crippen LogP contribution in [-0.2, 0) is 28.5 Å². The van der Waals surface area contributed by atoms with Gasteiger partial charge in [0.1, 0.15) is 30.5 Å². The van der Waals surface area contributed by atoms with Crippen molar-refractivity contribution in [1.29, 1.82) is 0 Å². The van der Waals surface area contributed by atoms with E-state index >= 15 is 0 Å². The summed E-state index contributed by atoms with van der Waals surface area (Å²) in [5.74, 6) is -2.73. The molecule has 0 aromatic carbocycles. The first kappa shape index (κ1) is 23.6. The van der Waals surface area contributed by atoms with E-state index in [1.54, 1.807) is 0 Å². The summed E-state index contributed by atoms with van der Waals surface area (Å²) in [7, 11) is 1.18. The average Bonchev–Trinajstić information content (AvgIpc) is 3.04. The first-order chi connectivity index (χ1) is 15.0. The van der Waals surface area contributed by atoms with Crippen LogP contribution < -0.4 is 22.7 Å². The number of amides is 2. The van der Waals surface area contributed by atoms with Crippen molar-refractivity contribution in [2.24, 2.45) is 11.5 Å². The second kappa shape index (κ2) is 9.19. The molecular weight excluding hydrogens is 436 g/mol. The Hall–Kier alpha value is -3.08. The summed E-state index contributed by atoms with van der Waals surface area (Å²) in [5.41, 5.74) is 8.93. The lowest BCUT2D eigenvalue weighted by molar-refractivity contribution is -0.241. The van der Waals surface area contributed by atoms with Crippen molar-refractivity contribution in [2.45, 2.75) is 49.1 Å². The van der Waals surface area contributed by atoms with Gasteiger partial charge in [-0.2, -0.15) is 0 Å². The minimum atomic E-state index is -1.77. The lowest BCUT2D eigenvalue weighted by Crippen LogP contribution is -2.53. The molecule has 0 saturated carbocycles. The molecular formula is C17H22N4O11. The molecule has 8 N–H and O–H groups in total. The van der Waals surface area contributed by atoms with Crippen LogP contribution >= 0.6 is 0 Å². The highest BCUT2D eigenvalue weighted by Crippen LogP contribution is 2.34. The third-order valence-corrected chi connectivity index (χ3v) is 4.94. The van der Waals surface area contributed by atoms with Gasteiger partial charge in [-0.1, -0.05) is 0 Å². The Balaban J connectivity index is 1.89. The van der Waals surface area contributed by atoms with Gasteiger partial charge in [0.2, 0.25) is 12.2 Å². The number of carbonyl (C=O) groups is 2. The first-order valence-electron chi connectivity index (χ1n) is 9.22. The fourth-order valence-corrected chi connectivity index (χ4v) is 3.40. The molecule has 1 aromatic rings. The van der Waals surface area contributed by atoms with E-state index in [1.807, 2.05) is 4.98 Å². The Morgan fingerprint density at radius 1 is 1.22 bits per heavy atom. The number of aliphatic hydroxyl groups excluding tert-OH is 3. The van der Waals surface area contributed by atoms with Crippen LogP contribution in [0.3, 0.4) is 0 Å². The Labute approximate surface area is 178 Å². The molecule has 3 heterocycles. The Morgan fingerprint density at radius 2 is 1.91 bits per heavy atom. The average molecular weight is 458 g/mol. The third-order valence-electron chi connectivity index (χ3n) is 4.94. The van der Waals surface area contributed by atoms with Gasteiger partial charge in [-0.3, -0.25) is 23.9 Å². The molecule has 8 atom stereocenters. The zero-order valence-corrected chi connectivity index (χ0v) is 16.6. The minimum Gasteiger partial charge on any atom is -0.456 e. The number of H-pyrrole nitrogens is 1. The minimum absolute atomic E-state index is 0.524. The van der Waals surface area contributed by atoms with Gasteiger partial charge < -0.3 is 45.7 Å². The molecule has 0 radical (unpaired) electrons. The number of hydrogen-bond acceptors (Lipinski definition) is 11. The van der Waals surface area contributed by atoms with Crippen LogP contribution in [0.5, 0.6) is 0 Å². The summed E-state index contributed by atoms with van der Waals surface area (Å²) in [5, 5.41) is 30.6. The molecule has 3 rings (SSSR count). The lowest BCUT2D eigenvalue weighted by Gasteiger charge is -2.34. The smallest absolute Gasteiger partial charge is 0.330 e. The van der Waals surface area contributed by atoms with Gasteiger partial charge >= 0.3 is 5.69 Å². The van der Waals surface area contributed by atoms with Gasteiger partial charge in [-0.15, -0.1) is 0 Å². The molecule has 0 unspecified atom stereocenters. The quantitative estimate of drug-likeness (QED) is 0.226. The maximum atomic E-state index is 12.1. The van der Waals surface area contributed by atoms with Gasteiger partial charge in [0.25, 0.3) is 11.5 Å². The first-order valence-corrected chi connectivity index (χ1v) is 9.22. The van der Waals surface area contributed by atoms with E-state index in [9.17, 15) is 34.5 Å². The number of nitrogens with one attached hydrogen (secondary N) is 1. The number of rotatable bonds is 7. The van der Waals surface area contributed by atoms with Gasteiger partial charge in [-0.25, -0.2) is 4.79 Å². The van der Waals surface area contributed by atoms with E-state index in [-0.39, 0.29) is 0 Å². The summed E-state index contributed by atoms with van der Waals surface area (Å²) in [6.07, 6.45) is -10.6. The second-order valence-electron chi connectivity index (χ2n) is 7.02. The Bertz CT molecular complexity index is 1020. The molecule has 15 heteroatoms. The summed E-state index contributed by atoms with van der Waals surface area (Å²) in [6, 6.07) is 1.01. The van der Waals surface area contributed by atoms with Crippen molar-refractivity contribution < 1.29 is 43.9 Å². The Kier molecular flexibility index (Phi) is 6.77. The van der Waals surface area contributed by atoms with Gasteiger partial charge in [-0.05, 0) is 6.08 Å². The number of methoxy groups -OCH3 is 1. The molecule has 0 spiro atoms. The number of aromatic amines is 1. The Morgan fingerprint density at radius 3 is 2.47 bits per heavy atom. The second-order valence-corrected chi connectivity index (χ2v) is 7.02. The zero-order valence-electron chi connectivity index (χ0n) is 16.6. The maximum Gasteiger partial charge on any atom is 0.330 e. The zero-order chi connectivity index (χ0) is 23.7. The summed E-state index contributed by atoms with van der Waals surface area (Å²) >= 11 is 0. The number of ether oxygens (including phenoxy) is 4. The monoisotopic (exact) mass is 458 g/mol. The van der Waals surface area contributed by atoms with E-state index in [1.165, 1.54) is 7.11 Å². The maximum absolute atomic E-state index is 12.1. The standard InChI is InChI=1S/C17H22N4O11/c1-29-10-9(25)15(21-3-2-7(23)20-17(21)28)31-11(10)12(14(19)27)32-16-8(24)5(22)4-6(30-16)13(18)26/h2-5,8-12,15-16,22,24-25H,1H3,(H2,18,26)(H2,19,27)(H,20,23,28)/t5-,8-,9+,10-,11-,12-,15+,16+/m0/s1. The highest BCUT2D eigenvalue weighted by Gasteiger charge is 2.52. The predicted octanol–water partition coefficient (Wildman–Crippen LogP) is -4.87. The molecule has 2 aliphatic heterocycles. The SMILES string of the molecule is CO[C@H]1[C@@H](O)[C@H](n2ccc(=O)[nH]c2=O)O[C@@H]1[C@H](O[C@H]1OC(C(N)=O)=C[C@H](O)[C@@H]1O)C(N)=O. The van der Waals surface area contributed by atoms with E-state index < -0.39 is 78.0 Å². The van der Waals surface area contributed by atoms with Crippen molar-refractivity contribution in [2.75, 3.05) is 7.11 Å². The molecule has 0 bridgehead atoms. The molecule has 1 aromatic heterocycles. The van der Waals surface area contributed by atoms with Crippen LogP contribution in [0.2, 0.25) is 0 Å². The number of aromatic nitrogens is 2. The molecule has 2 amide bonds. The van der Waals surface area contributed by atoms with Crippen molar-refractivity contribution in [3.05, 3.63) is 44.9 Å². The van der Waals surface area contributed by atoms with Crippen LogP contribution in [0.15, 0.2) is 33.7 Å². The van der Waals surface area contributed by atoms with Crippen molar-refractivity contribution >= 4 is 11.8 Å². The highest BCUT2D eigenvalue weighted by atomic mass is 16.7. The number of hydrogen-bond donors (Lipinski definition) is 6. The molecule has 2 aliphatic rings. The van der Waals surface area contributed by atoms with E-state index in [0.29, 0.717) is 0 Å². The van der Waals surface area contributed by atoms with Crippen molar-refractivity contribution in [1.82, 2.24) is 9.55 Å². The lowest BCUT2D eigenvalue weighted by atomic mass is 10.0. The molecule has 32 heavy (non-hydrogen) atoms. The van der Waals surface area contributed by atoms with Gasteiger partial charge in [0.05, 0.1) is 0 Å². The van der Waals surface area contributed by atoms with Crippen molar-refractivity contribution in [3.63, 3.8) is 0 Å². The molecule has 1 fully saturated rings. The fraction of sp³-hybridized carbons (Fsp3) is 0.529. The van der Waals surface area contributed by atoms with Crippen LogP contribution in [0.1, 0.15) is 6.23 Å². The third kappa shape index (κ3) is 4.43. The van der Waals surface area contributed by atoms with Crippen LogP contribution in [0.25, 0.3) is 0 Å². The molecule has 176 valence electrons. The van der Waals surface area contributed by atoms with Crippen LogP contribution in [0, 0.1) is 0 Å². The predicted molar refractivity (Wildman–Crippen MR) is 100 cm³/mol. The van der Waals surface area contributed by atoms with E-state index in [2.05, 4.69) is 0 Å². The largest absolute Gasteiger partial charge is 0.456 e. The van der Waals surface area contributed by atoms with Crippen LogP contribution in [-0.4, -0.2) is 86.7 Å². The normalized spacial score (nSPS) is 33.2. The van der Waals surface area contributed by atoms with Gasteiger partial charge in [0.15, 0.2) is 18.1 Å². The topological polar surface area (TPSA) is 239 Å². The highest BCUT2D eigenvalue weighted by molar-refractivity contribution is 5.90. The van der Waals surface area contributed by atoms with Crippen LogP contribution in [0.4, 0.5) is 0 Å². The number of nitrogens with zero attached hydrogens (tertiary/aromatic N) is 1. The summed E-state index contributed by atoms with van der Waals surface area (Å²) in [6.45, 7) is 0. The number of nitrogens with two attached hydrogens (primary N) is 2. The van der Waals surface area contributed by atoms with E-state index in [4.69, 9.17) is 30.4 Å². The number of carbonyl (C=O) groups excluding carboxylic acids is 2. The molecule has 1 saturated heterocycles.